The number of carbonyl (C=O) groups is 1. The van der Waals surface area contributed by atoms with Gasteiger partial charge in [-0.15, -0.1) is 11.3 Å². The second kappa shape index (κ2) is 7.22. The number of alkyl halides is 3. The number of carbonyl (C=O) groups excluding carboxylic acids is 1. The number of hydrogen-bond donors (Lipinski definition) is 3. The number of halogens is 8. The van der Waals surface area contributed by atoms with Crippen LogP contribution in [0.3, 0.4) is 0 Å². The molecular weight excluding hydrogens is 496 g/mol. The number of aromatic nitrogens is 1. The Labute approximate surface area is 178 Å². The van der Waals surface area contributed by atoms with Crippen molar-refractivity contribution in [2.45, 2.75) is 17.2 Å². The molecule has 3 N–H and O–H groups in total. The van der Waals surface area contributed by atoms with Crippen LogP contribution in [-0.2, 0) is 11.0 Å². The van der Waals surface area contributed by atoms with Gasteiger partial charge in [-0.3, -0.25) is 26.1 Å². The smallest absolute Gasteiger partial charge is 0.286 e. The Kier molecular flexibility index (Phi) is 5.32. The van der Waals surface area contributed by atoms with Crippen LogP contribution in [0.1, 0.15) is 17.3 Å². The molecular formula is C15H12F8N6OS2. The van der Waals surface area contributed by atoms with E-state index in [-0.39, 0.29) is 12.1 Å². The second-order valence-electron chi connectivity index (χ2n) is 6.21. The maximum Gasteiger partial charge on any atom is 0.416 e. The van der Waals surface area contributed by atoms with Gasteiger partial charge in [0.2, 0.25) is 5.13 Å². The van der Waals surface area contributed by atoms with Gasteiger partial charge in [0.15, 0.2) is 6.17 Å². The minimum atomic E-state index is -10.4. The molecule has 1 aromatic carbocycles. The minimum absolute atomic E-state index is 0.100. The van der Waals surface area contributed by atoms with Crippen LogP contribution < -0.4 is 16.3 Å². The number of hydrazine groups is 2. The zero-order valence-corrected chi connectivity index (χ0v) is 16.9. The predicted octanol–water partition coefficient (Wildman–Crippen LogP) is 5.32. The summed E-state index contributed by atoms with van der Waals surface area (Å²) < 4.78 is 105. The standard InChI is InChI=1S/C15H12F8N6OS2/c16-15(17,18)10-5-9(6-11(7-10)32(19,20,21,22)23)13-25-8-26-29(13)3-1-12(30)27-28-14-24-2-4-31-14/h1-8,13H,(H,24,28)(H,25,26)(H,27,30)/b3-1-. The van der Waals surface area contributed by atoms with E-state index >= 15 is 0 Å². The zero-order valence-electron chi connectivity index (χ0n) is 15.3. The summed E-state index contributed by atoms with van der Waals surface area (Å²) in [6.45, 7) is 0. The molecule has 0 radical (unpaired) electrons. The van der Waals surface area contributed by atoms with Gasteiger partial charge in [0.1, 0.15) is 11.2 Å². The highest BCUT2D eigenvalue weighted by atomic mass is 32.5. The van der Waals surface area contributed by atoms with Crippen LogP contribution in [0.4, 0.5) is 37.7 Å². The molecule has 176 valence electrons. The predicted molar refractivity (Wildman–Crippen MR) is 102 cm³/mol. The Morgan fingerprint density at radius 3 is 2.50 bits per heavy atom. The molecule has 0 saturated heterocycles. The molecule has 2 aromatic rings. The highest BCUT2D eigenvalue weighted by Crippen LogP contribution is 3.02. The summed E-state index contributed by atoms with van der Waals surface area (Å²) >= 11 is 1.17. The van der Waals surface area contributed by atoms with Crippen molar-refractivity contribution in [1.82, 2.24) is 20.8 Å². The number of rotatable bonds is 6. The molecule has 0 aliphatic carbocycles. The highest BCUT2D eigenvalue weighted by Gasteiger charge is 2.66. The van der Waals surface area contributed by atoms with Crippen molar-refractivity contribution < 1.29 is 37.4 Å². The second-order valence-corrected chi connectivity index (χ2v) is 9.52. The molecule has 17 heteroatoms. The molecule has 0 saturated carbocycles. The zero-order chi connectivity index (χ0) is 23.8. The molecule has 1 aliphatic heterocycles. The number of hydrogen-bond acceptors (Lipinski definition) is 7. The number of anilines is 1. The van der Waals surface area contributed by atoms with E-state index in [1.807, 2.05) is 0 Å². The largest absolute Gasteiger partial charge is 0.416 e. The molecule has 1 amide bonds. The van der Waals surface area contributed by atoms with Crippen LogP contribution in [0.15, 0.2) is 51.9 Å². The molecule has 1 aromatic heterocycles. The van der Waals surface area contributed by atoms with Gasteiger partial charge in [-0.2, -0.15) is 13.2 Å². The number of nitrogens with one attached hydrogen (secondary N) is 3. The summed E-state index contributed by atoms with van der Waals surface area (Å²) in [5.41, 5.74) is 4.30. The first-order valence-corrected chi connectivity index (χ1v) is 11.0. The minimum Gasteiger partial charge on any atom is -0.286 e. The van der Waals surface area contributed by atoms with Crippen LogP contribution >= 0.6 is 21.6 Å². The number of benzene rings is 1. The number of aliphatic imine (C=N–C) groups is 1. The highest BCUT2D eigenvalue weighted by molar-refractivity contribution is 8.45. The van der Waals surface area contributed by atoms with Crippen LogP contribution in [0, 0.1) is 0 Å². The third-order valence-corrected chi connectivity index (χ3v) is 5.61. The summed E-state index contributed by atoms with van der Waals surface area (Å²) in [6, 6.07) is -0.473. The lowest BCUT2D eigenvalue weighted by atomic mass is 10.1. The normalized spacial score (nSPS) is 18.9. The molecule has 2 heterocycles. The van der Waals surface area contributed by atoms with Gasteiger partial charge in [-0.1, -0.05) is 19.4 Å². The SMILES string of the molecule is O=C(/C=C\N1NC=NC1c1cc(C(F)(F)F)cc(S(F)(F)(F)(F)F)c1)NNc1nccs1. The van der Waals surface area contributed by atoms with Gasteiger partial charge in [0, 0.05) is 29.4 Å². The molecule has 0 bridgehead atoms. The molecule has 32 heavy (non-hydrogen) atoms. The monoisotopic (exact) mass is 508 g/mol. The van der Waals surface area contributed by atoms with Crippen molar-refractivity contribution >= 4 is 38.9 Å². The third kappa shape index (κ3) is 5.78. The van der Waals surface area contributed by atoms with E-state index < -0.39 is 50.6 Å². The first kappa shape index (κ1) is 23.6. The first-order chi connectivity index (χ1) is 14.5. The Hall–Kier alpha value is -3.08. The summed E-state index contributed by atoms with van der Waals surface area (Å²) in [7, 11) is -10.4. The van der Waals surface area contributed by atoms with E-state index in [1.165, 1.54) is 17.5 Å². The van der Waals surface area contributed by atoms with E-state index in [0.29, 0.717) is 5.13 Å². The lowest BCUT2D eigenvalue weighted by molar-refractivity contribution is -0.137. The molecule has 0 spiro atoms. The van der Waals surface area contributed by atoms with Gasteiger partial charge in [-0.25, -0.2) is 9.98 Å². The summed E-state index contributed by atoms with van der Waals surface area (Å²) in [5, 5.41) is 2.82. The summed E-state index contributed by atoms with van der Waals surface area (Å²) in [5.74, 6) is -0.760. The Balaban J connectivity index is 1.87. The number of thiazole rings is 1. The van der Waals surface area contributed by atoms with Crippen molar-refractivity contribution in [3.63, 3.8) is 0 Å². The number of nitrogens with zero attached hydrogens (tertiary/aromatic N) is 3. The summed E-state index contributed by atoms with van der Waals surface area (Å²) in [6.07, 6.45) is -2.72. The van der Waals surface area contributed by atoms with Crippen molar-refractivity contribution in [3.8, 4) is 0 Å². The van der Waals surface area contributed by atoms with E-state index in [1.54, 1.807) is 5.38 Å². The lowest BCUT2D eigenvalue weighted by Gasteiger charge is -2.41. The van der Waals surface area contributed by atoms with E-state index in [2.05, 4.69) is 26.3 Å². The van der Waals surface area contributed by atoms with Crippen molar-refractivity contribution in [2.75, 3.05) is 5.43 Å². The molecule has 0 fully saturated rings. The Morgan fingerprint density at radius 2 is 1.91 bits per heavy atom. The molecule has 1 aliphatic rings. The molecule has 7 nitrogen and oxygen atoms in total. The van der Waals surface area contributed by atoms with E-state index in [4.69, 9.17) is 0 Å². The molecule has 1 unspecified atom stereocenters. The van der Waals surface area contributed by atoms with Crippen molar-refractivity contribution in [2.24, 2.45) is 4.99 Å². The van der Waals surface area contributed by atoms with Crippen LogP contribution in [0.25, 0.3) is 0 Å². The Bertz CT molecular complexity index is 1070. The lowest BCUT2D eigenvalue weighted by Crippen LogP contribution is -2.31. The average Bonchev–Trinajstić information content (AvgIpc) is 3.33. The maximum absolute atomic E-state index is 13.2. The van der Waals surface area contributed by atoms with Gasteiger partial charge in [0.05, 0.1) is 5.56 Å². The van der Waals surface area contributed by atoms with Crippen LogP contribution in [-0.4, -0.2) is 22.2 Å². The third-order valence-electron chi connectivity index (χ3n) is 3.80. The van der Waals surface area contributed by atoms with Crippen molar-refractivity contribution in [1.29, 1.82) is 0 Å². The molecule has 3 rings (SSSR count). The van der Waals surface area contributed by atoms with Crippen LogP contribution in [0.2, 0.25) is 0 Å². The maximum atomic E-state index is 13.2. The van der Waals surface area contributed by atoms with Gasteiger partial charge in [-0.05, 0) is 18.2 Å². The molecule has 1 atom stereocenters. The summed E-state index contributed by atoms with van der Waals surface area (Å²) in [4.78, 5) is 16.6. The van der Waals surface area contributed by atoms with Crippen molar-refractivity contribution in [3.05, 3.63) is 53.2 Å². The fourth-order valence-electron chi connectivity index (χ4n) is 2.43. The van der Waals surface area contributed by atoms with Gasteiger partial charge >= 0.3 is 16.4 Å². The first-order valence-electron chi connectivity index (χ1n) is 8.19. The fraction of sp³-hybridized carbons (Fsp3) is 0.133. The van der Waals surface area contributed by atoms with E-state index in [9.17, 15) is 37.4 Å². The average molecular weight is 508 g/mol. The quantitative estimate of drug-likeness (QED) is 0.280. The van der Waals surface area contributed by atoms with Crippen LogP contribution in [0.5, 0.6) is 0 Å². The fourth-order valence-corrected chi connectivity index (χ4v) is 3.62. The van der Waals surface area contributed by atoms with Gasteiger partial charge < -0.3 is 0 Å². The van der Waals surface area contributed by atoms with E-state index in [0.717, 1.165) is 23.6 Å². The number of amides is 1. The Morgan fingerprint density at radius 1 is 1.19 bits per heavy atom. The van der Waals surface area contributed by atoms with Gasteiger partial charge in [0.25, 0.3) is 5.91 Å². The topological polar surface area (TPSA) is 81.7 Å².